The van der Waals surface area contributed by atoms with Crippen LogP contribution in [-0.2, 0) is 4.74 Å². The van der Waals surface area contributed by atoms with Gasteiger partial charge in [-0.2, -0.15) is 0 Å². The van der Waals surface area contributed by atoms with Crippen molar-refractivity contribution < 1.29 is 9.53 Å². The van der Waals surface area contributed by atoms with Crippen LogP contribution in [0.15, 0.2) is 18.2 Å². The van der Waals surface area contributed by atoms with Gasteiger partial charge < -0.3 is 4.74 Å². The first kappa shape index (κ1) is 15.2. The molecule has 0 spiro atoms. The average molecular weight is 274 g/mol. The summed E-state index contributed by atoms with van der Waals surface area (Å²) in [4.78, 5) is 12.3. The maximum Gasteiger partial charge on any atom is 0.188 e. The summed E-state index contributed by atoms with van der Waals surface area (Å²) in [6.07, 6.45) is 3.71. The molecule has 1 aliphatic rings. The molecule has 0 aliphatic heterocycles. The summed E-state index contributed by atoms with van der Waals surface area (Å²) >= 11 is 0. The highest BCUT2D eigenvalue weighted by Crippen LogP contribution is 2.30. The first-order chi connectivity index (χ1) is 9.45. The third-order valence-electron chi connectivity index (χ3n) is 4.28. The Balaban J connectivity index is 1.93. The fourth-order valence-electron chi connectivity index (χ4n) is 3.32. The zero-order valence-corrected chi connectivity index (χ0v) is 13.1. The molecule has 0 bridgehead atoms. The van der Waals surface area contributed by atoms with Gasteiger partial charge >= 0.3 is 0 Å². The number of ether oxygens (including phenoxy) is 1. The van der Waals surface area contributed by atoms with Crippen LogP contribution in [0, 0.1) is 25.7 Å². The van der Waals surface area contributed by atoms with Gasteiger partial charge in [0.15, 0.2) is 5.78 Å². The zero-order chi connectivity index (χ0) is 14.7. The smallest absolute Gasteiger partial charge is 0.188 e. The standard InChI is InChI=1S/C18H26O2/c1-12-5-6-15(4)17(10-12)18(19)11-20-16-8-13(2)7-14(3)9-16/h5-6,10,13-14,16H,7-9,11H2,1-4H3. The van der Waals surface area contributed by atoms with Gasteiger partial charge in [-0.3, -0.25) is 4.79 Å². The molecule has 1 aromatic carbocycles. The van der Waals surface area contributed by atoms with Crippen LogP contribution in [0.3, 0.4) is 0 Å². The number of benzene rings is 1. The normalized spacial score (nSPS) is 26.5. The maximum absolute atomic E-state index is 12.3. The van der Waals surface area contributed by atoms with Gasteiger partial charge in [-0.15, -0.1) is 0 Å². The fraction of sp³-hybridized carbons (Fsp3) is 0.611. The molecule has 2 rings (SSSR count). The van der Waals surface area contributed by atoms with E-state index < -0.39 is 0 Å². The van der Waals surface area contributed by atoms with Crippen molar-refractivity contribution >= 4 is 5.78 Å². The van der Waals surface area contributed by atoms with Crippen molar-refractivity contribution in [2.45, 2.75) is 53.1 Å². The Morgan fingerprint density at radius 3 is 2.45 bits per heavy atom. The molecule has 1 fully saturated rings. The van der Waals surface area contributed by atoms with Crippen molar-refractivity contribution in [3.05, 3.63) is 34.9 Å². The molecule has 0 amide bonds. The maximum atomic E-state index is 12.3. The van der Waals surface area contributed by atoms with E-state index in [9.17, 15) is 4.79 Å². The molecule has 1 aliphatic carbocycles. The number of ketones is 1. The van der Waals surface area contributed by atoms with E-state index in [1.807, 2.05) is 32.0 Å². The van der Waals surface area contributed by atoms with Crippen molar-refractivity contribution in [3.63, 3.8) is 0 Å². The van der Waals surface area contributed by atoms with Crippen molar-refractivity contribution in [2.75, 3.05) is 6.61 Å². The molecule has 1 saturated carbocycles. The SMILES string of the molecule is Cc1ccc(C)c(C(=O)COC2CC(C)CC(C)C2)c1. The first-order valence-electron chi connectivity index (χ1n) is 7.67. The minimum atomic E-state index is 0.108. The second-order valence-corrected chi connectivity index (χ2v) is 6.59. The van der Waals surface area contributed by atoms with Crippen LogP contribution in [0.25, 0.3) is 0 Å². The van der Waals surface area contributed by atoms with E-state index in [0.29, 0.717) is 11.8 Å². The molecule has 0 heterocycles. The minimum Gasteiger partial charge on any atom is -0.370 e. The fourth-order valence-corrected chi connectivity index (χ4v) is 3.32. The lowest BCUT2D eigenvalue weighted by molar-refractivity contribution is 0.00560. The molecule has 2 unspecified atom stereocenters. The van der Waals surface area contributed by atoms with Gasteiger partial charge in [0.2, 0.25) is 0 Å². The van der Waals surface area contributed by atoms with E-state index in [1.165, 1.54) is 6.42 Å². The quantitative estimate of drug-likeness (QED) is 0.764. The monoisotopic (exact) mass is 274 g/mol. The minimum absolute atomic E-state index is 0.108. The third-order valence-corrected chi connectivity index (χ3v) is 4.28. The topological polar surface area (TPSA) is 26.3 Å². The molecule has 0 saturated heterocycles. The van der Waals surface area contributed by atoms with Gasteiger partial charge in [-0.1, -0.05) is 31.5 Å². The number of Topliss-reactive ketones (excluding diaryl/α,β-unsaturated/α-hetero) is 1. The summed E-state index contributed by atoms with van der Waals surface area (Å²) in [6, 6.07) is 6.01. The van der Waals surface area contributed by atoms with Crippen LogP contribution in [0.2, 0.25) is 0 Å². The van der Waals surface area contributed by atoms with E-state index in [2.05, 4.69) is 13.8 Å². The molecule has 0 N–H and O–H groups in total. The lowest BCUT2D eigenvalue weighted by Crippen LogP contribution is -2.28. The van der Waals surface area contributed by atoms with Crippen LogP contribution in [-0.4, -0.2) is 18.5 Å². The largest absolute Gasteiger partial charge is 0.370 e. The van der Waals surface area contributed by atoms with Crippen LogP contribution in [0.4, 0.5) is 0 Å². The van der Waals surface area contributed by atoms with Crippen LogP contribution < -0.4 is 0 Å². The van der Waals surface area contributed by atoms with Crippen molar-refractivity contribution in [3.8, 4) is 0 Å². The van der Waals surface area contributed by atoms with Gasteiger partial charge in [-0.05, 0) is 56.6 Å². The Morgan fingerprint density at radius 1 is 1.15 bits per heavy atom. The number of rotatable bonds is 4. The highest BCUT2D eigenvalue weighted by molar-refractivity contribution is 5.98. The Labute approximate surface area is 122 Å². The zero-order valence-electron chi connectivity index (χ0n) is 13.1. The predicted molar refractivity (Wildman–Crippen MR) is 82.2 cm³/mol. The highest BCUT2D eigenvalue weighted by Gasteiger charge is 2.25. The Hall–Kier alpha value is -1.15. The molecule has 1 aromatic rings. The van der Waals surface area contributed by atoms with Gasteiger partial charge in [-0.25, -0.2) is 0 Å². The van der Waals surface area contributed by atoms with E-state index in [1.54, 1.807) is 0 Å². The number of carbonyl (C=O) groups excluding carboxylic acids is 1. The first-order valence-corrected chi connectivity index (χ1v) is 7.67. The Morgan fingerprint density at radius 2 is 1.80 bits per heavy atom. The summed E-state index contributed by atoms with van der Waals surface area (Å²) < 4.78 is 5.89. The molecule has 0 radical (unpaired) electrons. The van der Waals surface area contributed by atoms with Gasteiger partial charge in [0.1, 0.15) is 6.61 Å². The number of hydrogen-bond acceptors (Lipinski definition) is 2. The summed E-state index contributed by atoms with van der Waals surface area (Å²) in [5, 5.41) is 0. The van der Waals surface area contributed by atoms with Crippen LogP contribution in [0.1, 0.15) is 54.6 Å². The number of carbonyl (C=O) groups is 1. The van der Waals surface area contributed by atoms with Crippen LogP contribution in [0.5, 0.6) is 0 Å². The summed E-state index contributed by atoms with van der Waals surface area (Å²) in [7, 11) is 0. The lowest BCUT2D eigenvalue weighted by atomic mass is 9.82. The molecule has 20 heavy (non-hydrogen) atoms. The van der Waals surface area contributed by atoms with Gasteiger partial charge in [0, 0.05) is 5.56 Å². The molecule has 110 valence electrons. The molecular weight excluding hydrogens is 248 g/mol. The highest BCUT2D eigenvalue weighted by atomic mass is 16.5. The summed E-state index contributed by atoms with van der Waals surface area (Å²) in [6.45, 7) is 8.77. The Bertz CT molecular complexity index is 468. The lowest BCUT2D eigenvalue weighted by Gasteiger charge is -2.31. The molecule has 2 atom stereocenters. The van der Waals surface area contributed by atoms with Crippen molar-refractivity contribution in [1.82, 2.24) is 0 Å². The number of hydrogen-bond donors (Lipinski definition) is 0. The third kappa shape index (κ3) is 3.92. The Kier molecular flexibility index (Phi) is 4.98. The van der Waals surface area contributed by atoms with Crippen LogP contribution >= 0.6 is 0 Å². The van der Waals surface area contributed by atoms with Gasteiger partial charge in [0.05, 0.1) is 6.10 Å². The van der Waals surface area contributed by atoms with Crippen molar-refractivity contribution in [1.29, 1.82) is 0 Å². The predicted octanol–water partition coefficient (Wildman–Crippen LogP) is 4.33. The summed E-state index contributed by atoms with van der Waals surface area (Å²) in [5.41, 5.74) is 2.97. The van der Waals surface area contributed by atoms with Crippen molar-refractivity contribution in [2.24, 2.45) is 11.8 Å². The molecule has 0 aromatic heterocycles. The second kappa shape index (κ2) is 6.53. The summed E-state index contributed by atoms with van der Waals surface area (Å²) in [5.74, 6) is 1.52. The number of aryl methyl sites for hydroxylation is 2. The van der Waals surface area contributed by atoms with Gasteiger partial charge in [0.25, 0.3) is 0 Å². The average Bonchev–Trinajstić information content (AvgIpc) is 2.38. The van der Waals surface area contributed by atoms with E-state index in [4.69, 9.17) is 4.74 Å². The molecular formula is C18H26O2. The molecule has 2 heteroatoms. The van der Waals surface area contributed by atoms with E-state index in [-0.39, 0.29) is 18.5 Å². The second-order valence-electron chi connectivity index (χ2n) is 6.59. The van der Waals surface area contributed by atoms with E-state index in [0.717, 1.165) is 29.5 Å². The molecule has 2 nitrogen and oxygen atoms in total. The van der Waals surface area contributed by atoms with E-state index >= 15 is 0 Å².